The van der Waals surface area contributed by atoms with E-state index >= 15 is 0 Å². The van der Waals surface area contributed by atoms with Crippen LogP contribution in [0.4, 0.5) is 11.4 Å². The van der Waals surface area contributed by atoms with E-state index in [9.17, 15) is 4.79 Å². The van der Waals surface area contributed by atoms with Crippen LogP contribution < -0.4 is 11.1 Å². The Morgan fingerprint density at radius 2 is 1.85 bits per heavy atom. The highest BCUT2D eigenvalue weighted by atomic mass is 32.1. The fourth-order valence-electron chi connectivity index (χ4n) is 3.51. The summed E-state index contributed by atoms with van der Waals surface area (Å²) in [6, 6.07) is 9.93. The van der Waals surface area contributed by atoms with Crippen LogP contribution in [0.2, 0.25) is 0 Å². The monoisotopic (exact) mass is 365 g/mol. The molecule has 1 aliphatic carbocycles. The van der Waals surface area contributed by atoms with Crippen LogP contribution in [-0.2, 0) is 12.8 Å². The number of fused-ring (bicyclic) bond motifs is 2. The summed E-state index contributed by atoms with van der Waals surface area (Å²) in [6.07, 6.45) is 7.02. The molecule has 0 fully saturated rings. The molecule has 2 heterocycles. The number of amides is 1. The van der Waals surface area contributed by atoms with Gasteiger partial charge in [0.15, 0.2) is 0 Å². The minimum absolute atomic E-state index is 0.165. The second-order valence-electron chi connectivity index (χ2n) is 7.03. The SMILES string of the molecule is Cc1ccc(NC(=O)c2sc3nc4c(cc3c2N)CCCCCC4)cc1. The highest BCUT2D eigenvalue weighted by Crippen LogP contribution is 2.35. The molecule has 4 nitrogen and oxygen atoms in total. The molecule has 1 amide bonds. The number of nitrogen functional groups attached to an aromatic ring is 1. The molecule has 4 rings (SSSR count). The summed E-state index contributed by atoms with van der Waals surface area (Å²) < 4.78 is 0. The molecule has 3 N–H and O–H groups in total. The van der Waals surface area contributed by atoms with E-state index in [1.807, 2.05) is 31.2 Å². The van der Waals surface area contributed by atoms with Gasteiger partial charge in [0, 0.05) is 16.8 Å². The van der Waals surface area contributed by atoms with E-state index in [-0.39, 0.29) is 5.91 Å². The first-order valence-corrected chi connectivity index (χ1v) is 10.0. The van der Waals surface area contributed by atoms with Crippen molar-refractivity contribution in [3.8, 4) is 0 Å². The average molecular weight is 366 g/mol. The van der Waals surface area contributed by atoms with Crippen molar-refractivity contribution >= 4 is 38.8 Å². The number of nitrogens with one attached hydrogen (secondary N) is 1. The Hall–Kier alpha value is -2.40. The number of benzene rings is 1. The van der Waals surface area contributed by atoms with Crippen LogP contribution in [0.25, 0.3) is 10.2 Å². The van der Waals surface area contributed by atoms with Crippen molar-refractivity contribution in [2.24, 2.45) is 0 Å². The van der Waals surface area contributed by atoms with Gasteiger partial charge in [-0.05, 0) is 56.4 Å². The number of thiophene rings is 1. The second kappa shape index (κ2) is 7.08. The number of hydrogen-bond acceptors (Lipinski definition) is 4. The van der Waals surface area contributed by atoms with E-state index in [2.05, 4.69) is 11.4 Å². The molecule has 5 heteroatoms. The van der Waals surface area contributed by atoms with Crippen molar-refractivity contribution < 1.29 is 4.79 Å². The van der Waals surface area contributed by atoms with Crippen molar-refractivity contribution in [2.45, 2.75) is 45.4 Å². The predicted octanol–water partition coefficient (Wildman–Crippen LogP) is 5.10. The summed E-state index contributed by atoms with van der Waals surface area (Å²) in [7, 11) is 0. The normalized spacial score (nSPS) is 14.5. The Balaban J connectivity index is 1.68. The van der Waals surface area contributed by atoms with E-state index in [4.69, 9.17) is 10.7 Å². The van der Waals surface area contributed by atoms with Crippen LogP contribution in [0.5, 0.6) is 0 Å². The lowest BCUT2D eigenvalue weighted by Crippen LogP contribution is -2.11. The minimum Gasteiger partial charge on any atom is -0.397 e. The number of nitrogens with two attached hydrogens (primary N) is 1. The summed E-state index contributed by atoms with van der Waals surface area (Å²) in [6.45, 7) is 2.02. The van der Waals surface area contributed by atoms with Gasteiger partial charge in [-0.15, -0.1) is 11.3 Å². The quantitative estimate of drug-likeness (QED) is 0.664. The van der Waals surface area contributed by atoms with E-state index in [1.165, 1.54) is 48.3 Å². The molecule has 134 valence electrons. The third-order valence-corrected chi connectivity index (χ3v) is 6.13. The molecule has 0 spiro atoms. The highest BCUT2D eigenvalue weighted by Gasteiger charge is 2.20. The van der Waals surface area contributed by atoms with Crippen LogP contribution in [-0.4, -0.2) is 10.9 Å². The zero-order valence-electron chi connectivity index (χ0n) is 15.0. The van der Waals surface area contributed by atoms with E-state index in [1.54, 1.807) is 0 Å². The maximum atomic E-state index is 12.7. The molecule has 3 aromatic rings. The number of hydrogen-bond donors (Lipinski definition) is 2. The maximum absolute atomic E-state index is 12.7. The van der Waals surface area contributed by atoms with Crippen molar-refractivity contribution in [2.75, 3.05) is 11.1 Å². The third-order valence-electron chi connectivity index (χ3n) is 5.02. The summed E-state index contributed by atoms with van der Waals surface area (Å²) in [5.74, 6) is -0.165. The number of rotatable bonds is 2. The zero-order chi connectivity index (χ0) is 18.1. The lowest BCUT2D eigenvalue weighted by Gasteiger charge is -2.12. The molecule has 26 heavy (non-hydrogen) atoms. The van der Waals surface area contributed by atoms with Crippen LogP contribution in [0.3, 0.4) is 0 Å². The highest BCUT2D eigenvalue weighted by molar-refractivity contribution is 7.21. The van der Waals surface area contributed by atoms with Crippen molar-refractivity contribution in [1.82, 2.24) is 4.98 Å². The van der Waals surface area contributed by atoms with Gasteiger partial charge in [-0.2, -0.15) is 0 Å². The number of carbonyl (C=O) groups excluding carboxylic acids is 1. The number of anilines is 2. The lowest BCUT2D eigenvalue weighted by molar-refractivity contribution is 0.103. The molecule has 2 aromatic heterocycles. The third kappa shape index (κ3) is 3.31. The Labute approximate surface area is 157 Å². The standard InChI is InChI=1S/C21H23N3OS/c1-13-8-10-15(11-9-13)23-20(25)19-18(22)16-12-14-6-4-2-3-5-7-17(14)24-21(16)26-19/h8-12H,2-7,22H2,1H3,(H,23,25). The summed E-state index contributed by atoms with van der Waals surface area (Å²) in [5, 5.41) is 3.86. The van der Waals surface area contributed by atoms with Crippen LogP contribution >= 0.6 is 11.3 Å². The largest absolute Gasteiger partial charge is 0.397 e. The Bertz CT molecular complexity index is 960. The van der Waals surface area contributed by atoms with Crippen LogP contribution in [0, 0.1) is 6.92 Å². The summed E-state index contributed by atoms with van der Waals surface area (Å²) >= 11 is 1.39. The molecule has 0 bridgehead atoms. The lowest BCUT2D eigenvalue weighted by atomic mass is 9.96. The number of carbonyl (C=O) groups is 1. The first-order valence-electron chi connectivity index (χ1n) is 9.20. The predicted molar refractivity (Wildman–Crippen MR) is 109 cm³/mol. The Kier molecular flexibility index (Phi) is 4.64. The molecule has 0 unspecified atom stereocenters. The first kappa shape index (κ1) is 17.0. The smallest absolute Gasteiger partial charge is 0.267 e. The van der Waals surface area contributed by atoms with Gasteiger partial charge in [0.25, 0.3) is 5.91 Å². The number of nitrogens with zero attached hydrogens (tertiary/aromatic N) is 1. The molecular weight excluding hydrogens is 342 g/mol. The van der Waals surface area contributed by atoms with Crippen LogP contribution in [0.15, 0.2) is 30.3 Å². The molecule has 0 radical (unpaired) electrons. The first-order chi connectivity index (χ1) is 12.6. The van der Waals surface area contributed by atoms with E-state index in [0.29, 0.717) is 10.6 Å². The van der Waals surface area contributed by atoms with Gasteiger partial charge in [-0.1, -0.05) is 30.5 Å². The van der Waals surface area contributed by atoms with Crippen LogP contribution in [0.1, 0.15) is 52.2 Å². The maximum Gasteiger partial charge on any atom is 0.267 e. The molecule has 1 aliphatic rings. The van der Waals surface area contributed by atoms with Gasteiger partial charge in [0.05, 0.1) is 5.69 Å². The van der Waals surface area contributed by atoms with Gasteiger partial charge in [0.2, 0.25) is 0 Å². The van der Waals surface area contributed by atoms with Gasteiger partial charge < -0.3 is 11.1 Å². The molecule has 0 saturated heterocycles. The van der Waals surface area contributed by atoms with E-state index in [0.717, 1.165) is 34.3 Å². The molecule has 1 aromatic carbocycles. The zero-order valence-corrected chi connectivity index (χ0v) is 15.8. The topological polar surface area (TPSA) is 68.0 Å². The van der Waals surface area contributed by atoms with Gasteiger partial charge >= 0.3 is 0 Å². The fraction of sp³-hybridized carbons (Fsp3) is 0.333. The minimum atomic E-state index is -0.165. The molecule has 0 saturated carbocycles. The van der Waals surface area contributed by atoms with Crippen molar-refractivity contribution in [3.05, 3.63) is 52.0 Å². The summed E-state index contributed by atoms with van der Waals surface area (Å²) in [4.78, 5) is 19.0. The number of pyridine rings is 1. The molecule has 0 atom stereocenters. The number of aryl methyl sites for hydroxylation is 3. The average Bonchev–Trinajstić information content (AvgIpc) is 2.93. The van der Waals surface area contributed by atoms with Gasteiger partial charge in [-0.25, -0.2) is 4.98 Å². The van der Waals surface area contributed by atoms with Gasteiger partial charge in [-0.3, -0.25) is 4.79 Å². The van der Waals surface area contributed by atoms with Crippen molar-refractivity contribution in [3.63, 3.8) is 0 Å². The molecule has 0 aliphatic heterocycles. The number of aromatic nitrogens is 1. The fourth-order valence-corrected chi connectivity index (χ4v) is 4.50. The molecular formula is C21H23N3OS. The van der Waals surface area contributed by atoms with Gasteiger partial charge in [0.1, 0.15) is 9.71 Å². The summed E-state index contributed by atoms with van der Waals surface area (Å²) in [5.41, 5.74) is 11.3. The second-order valence-corrected chi connectivity index (χ2v) is 8.03. The van der Waals surface area contributed by atoms with Crippen molar-refractivity contribution in [1.29, 1.82) is 0 Å². The Morgan fingerprint density at radius 1 is 1.12 bits per heavy atom. The Morgan fingerprint density at radius 3 is 2.62 bits per heavy atom. The van der Waals surface area contributed by atoms with E-state index < -0.39 is 0 Å².